The van der Waals surface area contributed by atoms with E-state index >= 15 is 0 Å². The van der Waals surface area contributed by atoms with Gasteiger partial charge in [0.25, 0.3) is 5.56 Å². The maximum Gasteiger partial charge on any atom is 0.329 e. The quantitative estimate of drug-likeness (QED) is 0.453. The summed E-state index contributed by atoms with van der Waals surface area (Å²) in [5.41, 5.74) is 4.26. The summed E-state index contributed by atoms with van der Waals surface area (Å²) < 4.78 is 0.874. The van der Waals surface area contributed by atoms with E-state index in [0.29, 0.717) is 0 Å². The molecule has 0 bridgehead atoms. The Bertz CT molecular complexity index is 434. The highest BCUT2D eigenvalue weighted by Gasteiger charge is 2.07. The van der Waals surface area contributed by atoms with E-state index in [2.05, 4.69) is 10.3 Å². The highest BCUT2D eigenvalue weighted by molar-refractivity contribution is 5.58. The van der Waals surface area contributed by atoms with E-state index in [1.807, 2.05) is 0 Å². The van der Waals surface area contributed by atoms with Crippen LogP contribution in [0.25, 0.3) is 0 Å². The molecule has 0 atom stereocenters. The molecule has 1 aromatic heterocycles. The van der Waals surface area contributed by atoms with Crippen molar-refractivity contribution in [3.05, 3.63) is 20.8 Å². The van der Waals surface area contributed by atoms with Crippen LogP contribution in [0.1, 0.15) is 0 Å². The van der Waals surface area contributed by atoms with Gasteiger partial charge in [-0.25, -0.2) is 4.79 Å². The molecule has 0 saturated carbocycles. The van der Waals surface area contributed by atoms with E-state index in [9.17, 15) is 9.59 Å². The molecule has 78 valence electrons. The summed E-state index contributed by atoms with van der Waals surface area (Å²) in [5.74, 6) is 0.146. The number of hydrogen-bond donors (Lipinski definition) is 4. The summed E-state index contributed by atoms with van der Waals surface area (Å²) in [6, 6.07) is 0. The van der Waals surface area contributed by atoms with Crippen LogP contribution in [-0.2, 0) is 7.05 Å². The van der Waals surface area contributed by atoms with Gasteiger partial charge in [0, 0.05) is 13.6 Å². The second kappa shape index (κ2) is 3.97. The molecular weight excluding hydrogens is 188 g/mol. The fraction of sp³-hybridized carbons (Fsp3) is 0.429. The largest absolute Gasteiger partial charge is 0.395 e. The van der Waals surface area contributed by atoms with Crippen molar-refractivity contribution in [2.75, 3.05) is 24.2 Å². The molecule has 7 heteroatoms. The number of nitrogens with zero attached hydrogens (tertiary/aromatic N) is 1. The van der Waals surface area contributed by atoms with Crippen molar-refractivity contribution in [1.29, 1.82) is 0 Å². The van der Waals surface area contributed by atoms with Crippen LogP contribution in [0.4, 0.5) is 11.5 Å². The highest BCUT2D eigenvalue weighted by atomic mass is 16.3. The second-order valence-electron chi connectivity index (χ2n) is 2.73. The Labute approximate surface area is 79.2 Å². The lowest BCUT2D eigenvalue weighted by Crippen LogP contribution is -2.35. The molecule has 1 aromatic rings. The third kappa shape index (κ3) is 1.77. The van der Waals surface area contributed by atoms with Crippen LogP contribution in [0.15, 0.2) is 9.59 Å². The van der Waals surface area contributed by atoms with E-state index in [0.717, 1.165) is 4.57 Å². The average Bonchev–Trinajstić information content (AvgIpc) is 2.18. The normalized spacial score (nSPS) is 10.1. The molecule has 5 N–H and O–H groups in total. The number of hydrogen-bond acceptors (Lipinski definition) is 5. The molecule has 1 rings (SSSR count). The molecule has 0 amide bonds. The summed E-state index contributed by atoms with van der Waals surface area (Å²) in [7, 11) is 1.33. The molecule has 1 heterocycles. The first-order chi connectivity index (χ1) is 6.57. The monoisotopic (exact) mass is 200 g/mol. The zero-order valence-corrected chi connectivity index (χ0v) is 7.70. The van der Waals surface area contributed by atoms with E-state index in [-0.39, 0.29) is 24.7 Å². The van der Waals surface area contributed by atoms with Crippen molar-refractivity contribution in [3.8, 4) is 0 Å². The molecule has 0 radical (unpaired) electrons. The summed E-state index contributed by atoms with van der Waals surface area (Å²) in [6.45, 7) is 0.101. The molecule has 7 nitrogen and oxygen atoms in total. The fourth-order valence-corrected chi connectivity index (χ4v) is 0.958. The summed E-state index contributed by atoms with van der Waals surface area (Å²) >= 11 is 0. The van der Waals surface area contributed by atoms with Gasteiger partial charge in [0.15, 0.2) is 0 Å². The predicted octanol–water partition coefficient (Wildman–Crippen LogP) is -1.94. The molecule has 0 saturated heterocycles. The van der Waals surface area contributed by atoms with Crippen LogP contribution in [0.3, 0.4) is 0 Å². The third-order valence-electron chi connectivity index (χ3n) is 1.75. The molecule has 0 fully saturated rings. The molecule has 0 aliphatic rings. The van der Waals surface area contributed by atoms with Gasteiger partial charge in [0.2, 0.25) is 0 Å². The van der Waals surface area contributed by atoms with Gasteiger partial charge in [-0.3, -0.25) is 14.3 Å². The Morgan fingerprint density at radius 3 is 2.79 bits per heavy atom. The number of aromatic amines is 1. The van der Waals surface area contributed by atoms with Crippen molar-refractivity contribution in [3.63, 3.8) is 0 Å². The lowest BCUT2D eigenvalue weighted by atomic mass is 10.4. The minimum Gasteiger partial charge on any atom is -0.395 e. The Morgan fingerprint density at radius 1 is 1.57 bits per heavy atom. The van der Waals surface area contributed by atoms with Crippen LogP contribution in [-0.4, -0.2) is 27.8 Å². The molecule has 0 spiro atoms. The van der Waals surface area contributed by atoms with Gasteiger partial charge < -0.3 is 16.2 Å². The van der Waals surface area contributed by atoms with Crippen LogP contribution in [0.5, 0.6) is 0 Å². The Kier molecular flexibility index (Phi) is 2.92. The molecule has 14 heavy (non-hydrogen) atoms. The lowest BCUT2D eigenvalue weighted by molar-refractivity contribution is 0.311. The number of rotatable bonds is 3. The molecular formula is C7H12N4O3. The zero-order chi connectivity index (χ0) is 10.7. The van der Waals surface area contributed by atoms with Crippen molar-refractivity contribution < 1.29 is 5.11 Å². The van der Waals surface area contributed by atoms with E-state index in [1.165, 1.54) is 7.05 Å². The molecule has 0 aliphatic carbocycles. The summed E-state index contributed by atoms with van der Waals surface area (Å²) in [4.78, 5) is 24.8. The number of H-pyrrole nitrogens is 1. The van der Waals surface area contributed by atoms with Gasteiger partial charge in [-0.1, -0.05) is 0 Å². The van der Waals surface area contributed by atoms with Crippen molar-refractivity contribution in [1.82, 2.24) is 9.55 Å². The predicted molar refractivity (Wildman–Crippen MR) is 52.3 cm³/mol. The third-order valence-corrected chi connectivity index (χ3v) is 1.75. The highest BCUT2D eigenvalue weighted by Crippen LogP contribution is 2.04. The molecule has 0 aromatic carbocycles. The SMILES string of the molecule is Cn1c(=O)[nH]c(NCCO)c(N)c1=O. The minimum atomic E-state index is -0.561. The van der Waals surface area contributed by atoms with Crippen molar-refractivity contribution >= 4 is 11.5 Å². The van der Waals surface area contributed by atoms with Crippen molar-refractivity contribution in [2.24, 2.45) is 7.05 Å². The molecule has 0 unspecified atom stereocenters. The van der Waals surface area contributed by atoms with Gasteiger partial charge in [-0.2, -0.15) is 0 Å². The van der Waals surface area contributed by atoms with Crippen molar-refractivity contribution in [2.45, 2.75) is 0 Å². The maximum atomic E-state index is 11.3. The Hall–Kier alpha value is -1.76. The van der Waals surface area contributed by atoms with Gasteiger partial charge in [-0.15, -0.1) is 0 Å². The first-order valence-corrected chi connectivity index (χ1v) is 4.01. The summed E-state index contributed by atoms with van der Waals surface area (Å²) in [6.07, 6.45) is 0. The Balaban J connectivity index is 3.20. The van der Waals surface area contributed by atoms with Gasteiger partial charge in [0.05, 0.1) is 6.61 Å². The second-order valence-corrected chi connectivity index (χ2v) is 2.73. The van der Waals surface area contributed by atoms with Gasteiger partial charge in [-0.05, 0) is 0 Å². The van der Waals surface area contributed by atoms with Gasteiger partial charge >= 0.3 is 5.69 Å². The van der Waals surface area contributed by atoms with Gasteiger partial charge in [0.1, 0.15) is 11.5 Å². The van der Waals surface area contributed by atoms with Crippen LogP contribution in [0.2, 0.25) is 0 Å². The first kappa shape index (κ1) is 10.3. The van der Waals surface area contributed by atoms with Crippen LogP contribution >= 0.6 is 0 Å². The lowest BCUT2D eigenvalue weighted by Gasteiger charge is -2.07. The fourth-order valence-electron chi connectivity index (χ4n) is 0.958. The minimum absolute atomic E-state index is 0.0689. The summed E-state index contributed by atoms with van der Waals surface area (Å²) in [5, 5.41) is 11.2. The number of nitrogens with one attached hydrogen (secondary N) is 2. The zero-order valence-electron chi connectivity index (χ0n) is 7.70. The maximum absolute atomic E-state index is 11.3. The average molecular weight is 200 g/mol. The number of anilines is 2. The topological polar surface area (TPSA) is 113 Å². The van der Waals surface area contributed by atoms with E-state index in [1.54, 1.807) is 0 Å². The van der Waals surface area contributed by atoms with Crippen LogP contribution in [0, 0.1) is 0 Å². The number of aliphatic hydroxyl groups excluding tert-OH is 1. The van der Waals surface area contributed by atoms with Crippen LogP contribution < -0.4 is 22.3 Å². The first-order valence-electron chi connectivity index (χ1n) is 4.01. The van der Waals surface area contributed by atoms with E-state index in [4.69, 9.17) is 10.8 Å². The standard InChI is InChI=1S/C7H12N4O3/c1-11-6(13)4(8)5(9-2-3-12)10-7(11)14/h9,12H,2-3,8H2,1H3,(H,10,14). The number of aromatic nitrogens is 2. The number of nitrogen functional groups attached to an aromatic ring is 1. The Morgan fingerprint density at radius 2 is 2.21 bits per heavy atom. The smallest absolute Gasteiger partial charge is 0.329 e. The number of aliphatic hydroxyl groups is 1. The molecule has 0 aliphatic heterocycles. The van der Waals surface area contributed by atoms with E-state index < -0.39 is 11.2 Å². The number of nitrogens with two attached hydrogens (primary N) is 1.